The summed E-state index contributed by atoms with van der Waals surface area (Å²) in [6.45, 7) is 15.0. The summed E-state index contributed by atoms with van der Waals surface area (Å²) in [5, 5.41) is 12.2. The second-order valence-electron chi connectivity index (χ2n) is 9.36. The van der Waals surface area contributed by atoms with Crippen LogP contribution < -0.4 is 10.1 Å². The Balaban J connectivity index is 2.60. The average Bonchev–Trinajstić information content (AvgIpc) is 2.68. The van der Waals surface area contributed by atoms with Crippen molar-refractivity contribution >= 4 is 12.0 Å². The monoisotopic (exact) mass is 436 g/mol. The van der Waals surface area contributed by atoms with Crippen LogP contribution in [0.5, 0.6) is 5.75 Å². The zero-order valence-electron chi connectivity index (χ0n) is 19.9. The fourth-order valence-corrected chi connectivity index (χ4v) is 2.82. The first kappa shape index (κ1) is 26.8. The van der Waals surface area contributed by atoms with Crippen molar-refractivity contribution in [1.29, 1.82) is 0 Å². The number of carboxylic acid groups (broad SMARTS) is 1. The summed E-state index contributed by atoms with van der Waals surface area (Å²) >= 11 is 0. The van der Waals surface area contributed by atoms with Crippen LogP contribution in [0.4, 0.5) is 4.79 Å². The second-order valence-corrected chi connectivity index (χ2v) is 9.36. The summed E-state index contributed by atoms with van der Waals surface area (Å²) in [5.41, 5.74) is 1.01. The minimum absolute atomic E-state index is 0.0625. The molecule has 0 heterocycles. The van der Waals surface area contributed by atoms with E-state index in [1.165, 1.54) is 0 Å². The third kappa shape index (κ3) is 11.6. The predicted octanol–water partition coefficient (Wildman–Crippen LogP) is 4.20. The molecule has 1 atom stereocenters. The van der Waals surface area contributed by atoms with Crippen molar-refractivity contribution in [2.75, 3.05) is 32.8 Å². The number of ether oxygens (including phenoxy) is 2. The fraction of sp³-hybridized carbons (Fsp3) is 0.667. The van der Waals surface area contributed by atoms with E-state index in [9.17, 15) is 14.7 Å². The Morgan fingerprint density at radius 1 is 1.13 bits per heavy atom. The Bertz CT molecular complexity index is 668. The zero-order valence-corrected chi connectivity index (χ0v) is 19.9. The third-order valence-electron chi connectivity index (χ3n) is 4.70. The molecular formula is C24H40N2O5. The van der Waals surface area contributed by atoms with E-state index in [1.54, 1.807) is 6.92 Å². The van der Waals surface area contributed by atoms with Crippen LogP contribution in [0.15, 0.2) is 24.3 Å². The van der Waals surface area contributed by atoms with E-state index in [1.807, 2.05) is 29.2 Å². The van der Waals surface area contributed by atoms with Gasteiger partial charge in [0.1, 0.15) is 12.4 Å². The molecule has 1 aromatic carbocycles. The molecule has 1 aromatic rings. The highest BCUT2D eigenvalue weighted by molar-refractivity contribution is 5.74. The highest BCUT2D eigenvalue weighted by Gasteiger charge is 2.19. The normalized spacial score (nSPS) is 12.5. The number of nitrogens with one attached hydrogen (secondary N) is 1. The van der Waals surface area contributed by atoms with Crippen LogP contribution in [-0.4, -0.2) is 61.0 Å². The molecule has 31 heavy (non-hydrogen) atoms. The topological polar surface area (TPSA) is 88.1 Å². The maximum Gasteiger partial charge on any atom is 0.333 e. The van der Waals surface area contributed by atoms with E-state index in [-0.39, 0.29) is 11.4 Å². The van der Waals surface area contributed by atoms with Gasteiger partial charge in [0.15, 0.2) is 6.10 Å². The molecule has 0 fully saturated rings. The molecule has 0 saturated carbocycles. The molecule has 0 spiro atoms. The van der Waals surface area contributed by atoms with Gasteiger partial charge in [-0.05, 0) is 42.4 Å². The summed E-state index contributed by atoms with van der Waals surface area (Å²) in [4.78, 5) is 25.6. The van der Waals surface area contributed by atoms with Crippen molar-refractivity contribution in [1.82, 2.24) is 10.2 Å². The van der Waals surface area contributed by atoms with Crippen LogP contribution in [0, 0.1) is 11.3 Å². The molecule has 0 aliphatic rings. The van der Waals surface area contributed by atoms with E-state index >= 15 is 0 Å². The quantitative estimate of drug-likeness (QED) is 0.484. The van der Waals surface area contributed by atoms with E-state index in [4.69, 9.17) is 9.47 Å². The number of carboxylic acids is 1. The number of carbonyl (C=O) groups is 2. The molecule has 0 aromatic heterocycles. The van der Waals surface area contributed by atoms with Crippen molar-refractivity contribution in [3.63, 3.8) is 0 Å². The van der Waals surface area contributed by atoms with Gasteiger partial charge in [0.2, 0.25) is 0 Å². The first-order chi connectivity index (χ1) is 14.5. The first-order valence-corrected chi connectivity index (χ1v) is 11.1. The SMILES string of the molecule is CCOC(Cc1ccc(OCCN(CCC(C)(C)C)C(=O)NCC(C)C)cc1)C(=O)O. The van der Waals surface area contributed by atoms with Gasteiger partial charge in [-0.15, -0.1) is 0 Å². The van der Waals surface area contributed by atoms with Gasteiger partial charge in [0.25, 0.3) is 0 Å². The van der Waals surface area contributed by atoms with Gasteiger partial charge in [-0.25, -0.2) is 9.59 Å². The minimum Gasteiger partial charge on any atom is -0.492 e. The van der Waals surface area contributed by atoms with Crippen molar-refractivity contribution in [2.45, 2.75) is 60.5 Å². The molecule has 0 saturated heterocycles. The molecule has 2 amide bonds. The Morgan fingerprint density at radius 2 is 1.77 bits per heavy atom. The van der Waals surface area contributed by atoms with Crippen LogP contribution >= 0.6 is 0 Å². The molecule has 1 rings (SSSR count). The van der Waals surface area contributed by atoms with Gasteiger partial charge < -0.3 is 24.8 Å². The lowest BCUT2D eigenvalue weighted by atomic mass is 9.92. The number of carbonyl (C=O) groups excluding carboxylic acids is 1. The molecule has 0 radical (unpaired) electrons. The van der Waals surface area contributed by atoms with Crippen molar-refractivity contribution in [2.24, 2.45) is 11.3 Å². The standard InChI is InChI=1S/C24H40N2O5/c1-7-30-21(22(27)28)16-19-8-10-20(11-9-19)31-15-14-26(13-12-24(4,5)6)23(29)25-17-18(2)3/h8-11,18,21H,7,12-17H2,1-6H3,(H,25,29)(H,27,28). The molecule has 2 N–H and O–H groups in total. The van der Waals surface area contributed by atoms with Gasteiger partial charge in [0, 0.05) is 26.1 Å². The number of rotatable bonds is 13. The number of hydrogen-bond donors (Lipinski definition) is 2. The van der Waals surface area contributed by atoms with E-state index in [2.05, 4.69) is 39.9 Å². The Labute approximate surface area is 187 Å². The summed E-state index contributed by atoms with van der Waals surface area (Å²) in [6, 6.07) is 7.26. The van der Waals surface area contributed by atoms with E-state index < -0.39 is 12.1 Å². The highest BCUT2D eigenvalue weighted by Crippen LogP contribution is 2.19. The number of urea groups is 1. The molecule has 0 bridgehead atoms. The molecule has 7 nitrogen and oxygen atoms in total. The van der Waals surface area contributed by atoms with Gasteiger partial charge in [-0.3, -0.25) is 0 Å². The van der Waals surface area contributed by atoms with E-state index in [0.29, 0.717) is 50.9 Å². The summed E-state index contributed by atoms with van der Waals surface area (Å²) < 4.78 is 11.1. The molecule has 1 unspecified atom stereocenters. The number of aliphatic carboxylic acids is 1. The van der Waals surface area contributed by atoms with Gasteiger partial charge >= 0.3 is 12.0 Å². The number of benzene rings is 1. The smallest absolute Gasteiger partial charge is 0.333 e. The molecule has 176 valence electrons. The zero-order chi connectivity index (χ0) is 23.4. The van der Waals surface area contributed by atoms with Crippen LogP contribution in [0.2, 0.25) is 0 Å². The van der Waals surface area contributed by atoms with Crippen LogP contribution in [-0.2, 0) is 16.0 Å². The first-order valence-electron chi connectivity index (χ1n) is 11.1. The van der Waals surface area contributed by atoms with Gasteiger partial charge in [-0.1, -0.05) is 46.8 Å². The fourth-order valence-electron chi connectivity index (χ4n) is 2.82. The van der Waals surface area contributed by atoms with Crippen LogP contribution in [0.3, 0.4) is 0 Å². The lowest BCUT2D eigenvalue weighted by Crippen LogP contribution is -2.44. The lowest BCUT2D eigenvalue weighted by Gasteiger charge is -2.27. The lowest BCUT2D eigenvalue weighted by molar-refractivity contribution is -0.149. The number of amides is 2. The van der Waals surface area contributed by atoms with Gasteiger partial charge in [-0.2, -0.15) is 0 Å². The average molecular weight is 437 g/mol. The third-order valence-corrected chi connectivity index (χ3v) is 4.70. The largest absolute Gasteiger partial charge is 0.492 e. The highest BCUT2D eigenvalue weighted by atomic mass is 16.5. The number of nitrogens with zero attached hydrogens (tertiary/aromatic N) is 1. The summed E-state index contributed by atoms with van der Waals surface area (Å²) in [5.74, 6) is 0.116. The van der Waals surface area contributed by atoms with Crippen LogP contribution in [0.25, 0.3) is 0 Å². The maximum absolute atomic E-state index is 12.6. The van der Waals surface area contributed by atoms with E-state index in [0.717, 1.165) is 12.0 Å². The number of hydrogen-bond acceptors (Lipinski definition) is 4. The van der Waals surface area contributed by atoms with Crippen molar-refractivity contribution in [3.8, 4) is 5.75 Å². The van der Waals surface area contributed by atoms with Crippen molar-refractivity contribution < 1.29 is 24.2 Å². The summed E-state index contributed by atoms with van der Waals surface area (Å²) in [6.07, 6.45) is 0.360. The van der Waals surface area contributed by atoms with Crippen LogP contribution in [0.1, 0.15) is 53.5 Å². The molecule has 0 aliphatic carbocycles. The Morgan fingerprint density at radius 3 is 2.29 bits per heavy atom. The maximum atomic E-state index is 12.6. The Hall–Kier alpha value is -2.28. The second kappa shape index (κ2) is 13.2. The molecule has 0 aliphatic heterocycles. The van der Waals surface area contributed by atoms with Crippen molar-refractivity contribution in [3.05, 3.63) is 29.8 Å². The Kier molecular flexibility index (Phi) is 11.4. The molecular weight excluding hydrogens is 396 g/mol. The molecule has 7 heteroatoms. The van der Waals surface area contributed by atoms with Gasteiger partial charge in [0.05, 0.1) is 6.54 Å². The minimum atomic E-state index is -0.965. The predicted molar refractivity (Wildman–Crippen MR) is 123 cm³/mol. The summed E-state index contributed by atoms with van der Waals surface area (Å²) in [7, 11) is 0.